The van der Waals surface area contributed by atoms with Crippen molar-refractivity contribution in [1.82, 2.24) is 19.6 Å². The molecule has 7 heteroatoms. The third kappa shape index (κ3) is 3.72. The van der Waals surface area contributed by atoms with E-state index in [4.69, 9.17) is 4.98 Å². The second-order valence-electron chi connectivity index (χ2n) is 7.48. The molecule has 0 unspecified atom stereocenters. The van der Waals surface area contributed by atoms with Crippen LogP contribution in [0.4, 0.5) is 4.39 Å². The van der Waals surface area contributed by atoms with Gasteiger partial charge in [0, 0.05) is 37.8 Å². The van der Waals surface area contributed by atoms with E-state index >= 15 is 0 Å². The average molecular weight is 394 g/mol. The summed E-state index contributed by atoms with van der Waals surface area (Å²) >= 11 is 0. The number of piperidine rings is 1. The van der Waals surface area contributed by atoms with Gasteiger partial charge in [0.15, 0.2) is 0 Å². The molecule has 1 aromatic carbocycles. The number of nitrogens with zero attached hydrogens (tertiary/aromatic N) is 3. The van der Waals surface area contributed by atoms with Crippen LogP contribution in [0, 0.1) is 5.82 Å². The molecular formula is C22H23FN4O2. The highest BCUT2D eigenvalue weighted by atomic mass is 19.1. The van der Waals surface area contributed by atoms with Gasteiger partial charge in [-0.2, -0.15) is 0 Å². The SMILES string of the molecule is CC(=O)NCC(=O)N1CCC(c2ccccc2)(c2cn3cc(F)ccc3n2)CC1. The maximum absolute atomic E-state index is 13.7. The van der Waals surface area contributed by atoms with Crippen LogP contribution >= 0.6 is 0 Å². The number of amides is 2. The number of carbonyl (C=O) groups excluding carboxylic acids is 2. The van der Waals surface area contributed by atoms with E-state index in [0.29, 0.717) is 31.6 Å². The van der Waals surface area contributed by atoms with Crippen molar-refractivity contribution in [2.75, 3.05) is 19.6 Å². The summed E-state index contributed by atoms with van der Waals surface area (Å²) in [4.78, 5) is 30.1. The number of imidazole rings is 1. The van der Waals surface area contributed by atoms with Crippen LogP contribution in [-0.4, -0.2) is 45.7 Å². The van der Waals surface area contributed by atoms with Gasteiger partial charge < -0.3 is 14.6 Å². The highest BCUT2D eigenvalue weighted by Crippen LogP contribution is 2.41. The second-order valence-corrected chi connectivity index (χ2v) is 7.48. The van der Waals surface area contributed by atoms with Crippen LogP contribution in [0.5, 0.6) is 0 Å². The number of aromatic nitrogens is 2. The number of carbonyl (C=O) groups is 2. The minimum Gasteiger partial charge on any atom is -0.347 e. The number of nitrogens with one attached hydrogen (secondary N) is 1. The molecular weight excluding hydrogens is 371 g/mol. The van der Waals surface area contributed by atoms with E-state index in [9.17, 15) is 14.0 Å². The molecule has 1 aliphatic heterocycles. The zero-order valence-corrected chi connectivity index (χ0v) is 16.3. The van der Waals surface area contributed by atoms with Crippen molar-refractivity contribution < 1.29 is 14.0 Å². The molecule has 3 heterocycles. The average Bonchev–Trinajstić information content (AvgIpc) is 3.16. The van der Waals surface area contributed by atoms with Crippen LogP contribution in [0.15, 0.2) is 54.9 Å². The smallest absolute Gasteiger partial charge is 0.241 e. The van der Waals surface area contributed by atoms with Gasteiger partial charge in [-0.05, 0) is 30.5 Å². The number of fused-ring (bicyclic) bond motifs is 1. The fourth-order valence-electron chi connectivity index (χ4n) is 4.09. The van der Waals surface area contributed by atoms with Gasteiger partial charge in [-0.25, -0.2) is 9.37 Å². The minimum atomic E-state index is -0.353. The van der Waals surface area contributed by atoms with E-state index in [1.807, 2.05) is 24.4 Å². The summed E-state index contributed by atoms with van der Waals surface area (Å²) in [5.74, 6) is -0.613. The van der Waals surface area contributed by atoms with E-state index in [-0.39, 0.29) is 29.6 Å². The molecule has 0 bridgehead atoms. The lowest BCUT2D eigenvalue weighted by atomic mass is 9.70. The molecule has 3 aromatic rings. The maximum atomic E-state index is 13.7. The first kappa shape index (κ1) is 19.1. The predicted molar refractivity (Wildman–Crippen MR) is 107 cm³/mol. The number of hydrogen-bond acceptors (Lipinski definition) is 3. The van der Waals surface area contributed by atoms with Crippen LogP contribution in [-0.2, 0) is 15.0 Å². The molecule has 1 N–H and O–H groups in total. The summed E-state index contributed by atoms with van der Waals surface area (Å²) in [5.41, 5.74) is 2.36. The molecule has 2 aromatic heterocycles. The highest BCUT2D eigenvalue weighted by molar-refractivity contribution is 5.83. The van der Waals surface area contributed by atoms with Crippen LogP contribution in [0.3, 0.4) is 0 Å². The topological polar surface area (TPSA) is 66.7 Å². The third-order valence-corrected chi connectivity index (χ3v) is 5.69. The summed E-state index contributed by atoms with van der Waals surface area (Å²) in [6, 6.07) is 13.2. The first-order valence-corrected chi connectivity index (χ1v) is 9.70. The maximum Gasteiger partial charge on any atom is 0.241 e. The fourth-order valence-corrected chi connectivity index (χ4v) is 4.09. The standard InChI is InChI=1S/C22H23FN4O2/c1-16(28)24-13-21(29)26-11-9-22(10-12-26,17-5-3-2-4-6-17)19-15-27-14-18(23)7-8-20(27)25-19/h2-8,14-15H,9-13H2,1H3,(H,24,28). The summed E-state index contributed by atoms with van der Waals surface area (Å²) in [5, 5.41) is 2.57. The van der Waals surface area contributed by atoms with E-state index < -0.39 is 0 Å². The Morgan fingerprint density at radius 2 is 1.83 bits per heavy atom. The molecule has 2 amide bonds. The van der Waals surface area contributed by atoms with Gasteiger partial charge in [-0.15, -0.1) is 0 Å². The van der Waals surface area contributed by atoms with E-state index in [1.54, 1.807) is 15.4 Å². The number of likely N-dealkylation sites (tertiary alicyclic amines) is 1. The fraction of sp³-hybridized carbons (Fsp3) is 0.318. The van der Waals surface area contributed by atoms with Gasteiger partial charge in [0.1, 0.15) is 11.5 Å². The summed E-state index contributed by atoms with van der Waals surface area (Å²) in [7, 11) is 0. The van der Waals surface area contributed by atoms with E-state index in [0.717, 1.165) is 11.3 Å². The number of hydrogen-bond donors (Lipinski definition) is 1. The molecule has 0 spiro atoms. The molecule has 1 aliphatic rings. The number of halogens is 1. The van der Waals surface area contributed by atoms with Crippen molar-refractivity contribution in [3.8, 4) is 0 Å². The van der Waals surface area contributed by atoms with Crippen molar-refractivity contribution >= 4 is 17.5 Å². The van der Waals surface area contributed by atoms with Crippen molar-refractivity contribution in [2.45, 2.75) is 25.2 Å². The van der Waals surface area contributed by atoms with Crippen molar-refractivity contribution in [3.63, 3.8) is 0 Å². The first-order chi connectivity index (χ1) is 14.0. The Morgan fingerprint density at radius 3 is 2.52 bits per heavy atom. The molecule has 29 heavy (non-hydrogen) atoms. The molecule has 4 rings (SSSR count). The predicted octanol–water partition coefficient (Wildman–Crippen LogP) is 2.52. The number of pyridine rings is 1. The van der Waals surface area contributed by atoms with E-state index in [1.165, 1.54) is 19.2 Å². The zero-order chi connectivity index (χ0) is 20.4. The molecule has 1 saturated heterocycles. The van der Waals surface area contributed by atoms with Crippen molar-refractivity contribution in [2.24, 2.45) is 0 Å². The van der Waals surface area contributed by atoms with Crippen molar-refractivity contribution in [3.05, 3.63) is 71.9 Å². The summed E-state index contributed by atoms with van der Waals surface area (Å²) in [6.45, 7) is 2.54. The lowest BCUT2D eigenvalue weighted by Gasteiger charge is -2.41. The Bertz CT molecular complexity index is 1040. The van der Waals surface area contributed by atoms with Crippen LogP contribution < -0.4 is 5.32 Å². The summed E-state index contributed by atoms with van der Waals surface area (Å²) < 4.78 is 15.4. The number of benzene rings is 1. The first-order valence-electron chi connectivity index (χ1n) is 9.70. The van der Waals surface area contributed by atoms with Crippen LogP contribution in [0.2, 0.25) is 0 Å². The van der Waals surface area contributed by atoms with Crippen LogP contribution in [0.25, 0.3) is 5.65 Å². The van der Waals surface area contributed by atoms with Crippen molar-refractivity contribution in [1.29, 1.82) is 0 Å². The Kier molecular flexibility index (Phi) is 5.05. The lowest BCUT2D eigenvalue weighted by Crippen LogP contribution is -2.48. The molecule has 0 saturated carbocycles. The van der Waals surface area contributed by atoms with Gasteiger partial charge in [-0.3, -0.25) is 9.59 Å². The molecule has 150 valence electrons. The third-order valence-electron chi connectivity index (χ3n) is 5.69. The van der Waals surface area contributed by atoms with Gasteiger partial charge in [0.05, 0.1) is 12.2 Å². The Hall–Kier alpha value is -3.22. The largest absolute Gasteiger partial charge is 0.347 e. The zero-order valence-electron chi connectivity index (χ0n) is 16.3. The van der Waals surface area contributed by atoms with E-state index in [2.05, 4.69) is 17.4 Å². The Balaban J connectivity index is 1.65. The lowest BCUT2D eigenvalue weighted by molar-refractivity contribution is -0.133. The van der Waals surface area contributed by atoms with Gasteiger partial charge in [0.2, 0.25) is 11.8 Å². The molecule has 0 atom stereocenters. The Morgan fingerprint density at radius 1 is 1.10 bits per heavy atom. The van der Waals surface area contributed by atoms with Crippen LogP contribution in [0.1, 0.15) is 31.0 Å². The second kappa shape index (κ2) is 7.66. The highest BCUT2D eigenvalue weighted by Gasteiger charge is 2.40. The monoisotopic (exact) mass is 394 g/mol. The quantitative estimate of drug-likeness (QED) is 0.740. The van der Waals surface area contributed by atoms with Gasteiger partial charge in [-0.1, -0.05) is 30.3 Å². The Labute approximate surface area is 168 Å². The molecule has 1 fully saturated rings. The van der Waals surface area contributed by atoms with Gasteiger partial charge in [0.25, 0.3) is 0 Å². The minimum absolute atomic E-state index is 0.0152. The number of rotatable bonds is 4. The normalized spacial score (nSPS) is 16.0. The molecule has 0 aliphatic carbocycles. The molecule has 6 nitrogen and oxygen atoms in total. The van der Waals surface area contributed by atoms with Gasteiger partial charge >= 0.3 is 0 Å². The summed E-state index contributed by atoms with van der Waals surface area (Å²) in [6.07, 6.45) is 4.72. The molecule has 0 radical (unpaired) electrons.